The van der Waals surface area contributed by atoms with Gasteiger partial charge in [0.1, 0.15) is 0 Å². The third kappa shape index (κ3) is 41.0. The van der Waals surface area contributed by atoms with Crippen LogP contribution in [0.1, 0.15) is 226 Å². The van der Waals surface area contributed by atoms with Crippen molar-refractivity contribution in [2.24, 2.45) is 0 Å². The van der Waals surface area contributed by atoms with E-state index >= 15 is 0 Å². The summed E-state index contributed by atoms with van der Waals surface area (Å²) >= 11 is 0. The van der Waals surface area contributed by atoms with Crippen molar-refractivity contribution in [3.8, 4) is 0 Å². The molecule has 0 unspecified atom stereocenters. The Morgan fingerprint density at radius 1 is 0.290 bits per heavy atom. The molecule has 0 aliphatic carbocycles. The average molecular weight is 883 g/mol. The van der Waals surface area contributed by atoms with Crippen molar-refractivity contribution in [3.05, 3.63) is 0 Å². The van der Waals surface area contributed by atoms with Gasteiger partial charge >= 0.3 is 17.9 Å². The molecule has 0 aromatic carbocycles. The molecule has 0 bridgehead atoms. The maximum absolute atomic E-state index is 13.3. The minimum Gasteiger partial charge on any atom is -0.462 e. The fraction of sp³-hybridized carbons (Fsp3) is 0.943. The predicted octanol–water partition coefficient (Wildman–Crippen LogP) is 12.8. The largest absolute Gasteiger partial charge is 0.462 e. The summed E-state index contributed by atoms with van der Waals surface area (Å²) in [6.07, 6.45) is 39.5. The summed E-state index contributed by atoms with van der Waals surface area (Å²) < 4.78 is 18.8. The predicted molar refractivity (Wildman–Crippen MR) is 262 cm³/mol. The molecule has 0 heterocycles. The van der Waals surface area contributed by atoms with Crippen molar-refractivity contribution in [2.45, 2.75) is 226 Å². The molecule has 0 aromatic rings. The van der Waals surface area contributed by atoms with Crippen molar-refractivity contribution in [3.63, 3.8) is 0 Å². The monoisotopic (exact) mass is 883 g/mol. The van der Waals surface area contributed by atoms with Gasteiger partial charge < -0.3 is 27.7 Å². The first kappa shape index (κ1) is 60.3. The highest BCUT2D eigenvalue weighted by Gasteiger charge is 2.30. The summed E-state index contributed by atoms with van der Waals surface area (Å²) in [7, 11) is 10.6. The highest BCUT2D eigenvalue weighted by Crippen LogP contribution is 2.15. The minimum absolute atomic E-state index is 0.124. The Labute approximate surface area is 385 Å². The van der Waals surface area contributed by atoms with Gasteiger partial charge in [0, 0.05) is 12.8 Å². The van der Waals surface area contributed by atoms with E-state index in [1.165, 1.54) is 154 Å². The normalized spacial score (nSPS) is 12.2. The highest BCUT2D eigenvalue weighted by molar-refractivity contribution is 5.71. The summed E-state index contributed by atoms with van der Waals surface area (Å²) in [5.74, 6) is -0.376. The van der Waals surface area contributed by atoms with E-state index in [-0.39, 0.29) is 17.9 Å². The number of ether oxygens (including phenoxy) is 3. The van der Waals surface area contributed by atoms with Crippen molar-refractivity contribution >= 4 is 17.9 Å². The third-order valence-electron chi connectivity index (χ3n) is 12.8. The first-order valence-corrected chi connectivity index (χ1v) is 26.7. The summed E-state index contributed by atoms with van der Waals surface area (Å²) in [4.78, 5) is 38.9. The van der Waals surface area contributed by atoms with Gasteiger partial charge in [0.05, 0.1) is 81.2 Å². The number of hydrogen-bond acceptors (Lipinski definition) is 6. The van der Waals surface area contributed by atoms with Crippen molar-refractivity contribution in [2.75, 3.05) is 101 Å². The fourth-order valence-corrected chi connectivity index (χ4v) is 8.66. The molecule has 0 radical (unpaired) electrons. The van der Waals surface area contributed by atoms with E-state index in [9.17, 15) is 14.4 Å². The number of esters is 3. The SMILES string of the molecule is CCCCCCCCCCCCOC(=O)C[N+](C)(C)CCC[N+](C)(CCC[N+](C)(C)CC(=O)OCCCCCCCCCCCC)CC(=O)OCCCCCCCCCCCC. The fourth-order valence-electron chi connectivity index (χ4n) is 8.66. The molecule has 0 N–H and O–H groups in total. The summed E-state index contributed by atoms with van der Waals surface area (Å²) in [5, 5.41) is 0. The first-order valence-electron chi connectivity index (χ1n) is 26.7. The Balaban J connectivity index is 4.83. The first-order chi connectivity index (χ1) is 29.8. The topological polar surface area (TPSA) is 78.9 Å². The van der Waals surface area contributed by atoms with Gasteiger partial charge in [-0.1, -0.05) is 194 Å². The van der Waals surface area contributed by atoms with Crippen LogP contribution in [0.3, 0.4) is 0 Å². The molecule has 0 saturated carbocycles. The molecule has 0 aliphatic rings. The van der Waals surface area contributed by atoms with Crippen LogP contribution in [0.15, 0.2) is 0 Å². The maximum atomic E-state index is 13.3. The van der Waals surface area contributed by atoms with Crippen LogP contribution >= 0.6 is 0 Å². The number of unbranched alkanes of at least 4 members (excludes halogenated alkanes) is 27. The highest BCUT2D eigenvalue weighted by atomic mass is 16.5. The molecular formula is C53H108N3O6+3. The van der Waals surface area contributed by atoms with Gasteiger partial charge in [0.15, 0.2) is 19.6 Å². The average Bonchev–Trinajstić information content (AvgIpc) is 3.20. The Morgan fingerprint density at radius 2 is 0.516 bits per heavy atom. The number of carbonyl (C=O) groups excluding carboxylic acids is 3. The molecule has 0 amide bonds. The second-order valence-corrected chi connectivity index (χ2v) is 20.8. The second-order valence-electron chi connectivity index (χ2n) is 20.8. The summed E-state index contributed by atoms with van der Waals surface area (Å²) in [5.41, 5.74) is 0. The maximum Gasteiger partial charge on any atom is 0.361 e. The van der Waals surface area contributed by atoms with Crippen LogP contribution < -0.4 is 0 Å². The van der Waals surface area contributed by atoms with Gasteiger partial charge in [-0.3, -0.25) is 0 Å². The van der Waals surface area contributed by atoms with Crippen molar-refractivity contribution in [1.82, 2.24) is 0 Å². The van der Waals surface area contributed by atoms with E-state index in [0.29, 0.717) is 52.9 Å². The van der Waals surface area contributed by atoms with Crippen LogP contribution in [0.5, 0.6) is 0 Å². The van der Waals surface area contributed by atoms with E-state index in [0.717, 1.165) is 77.5 Å². The van der Waals surface area contributed by atoms with Crippen LogP contribution in [0.25, 0.3) is 0 Å². The molecule has 368 valence electrons. The van der Waals surface area contributed by atoms with Gasteiger partial charge in [-0.2, -0.15) is 0 Å². The van der Waals surface area contributed by atoms with E-state index in [4.69, 9.17) is 14.2 Å². The molecule has 0 saturated heterocycles. The zero-order valence-corrected chi connectivity index (χ0v) is 43.0. The number of nitrogens with zero attached hydrogens (tertiary/aromatic N) is 3. The molecule has 9 heteroatoms. The van der Waals surface area contributed by atoms with E-state index in [2.05, 4.69) is 56.0 Å². The lowest BCUT2D eigenvalue weighted by molar-refractivity contribution is -0.921. The van der Waals surface area contributed by atoms with Crippen LogP contribution in [0.2, 0.25) is 0 Å². The molecule has 0 spiro atoms. The lowest BCUT2D eigenvalue weighted by Gasteiger charge is -2.36. The summed E-state index contributed by atoms with van der Waals surface area (Å²) in [6, 6.07) is 0. The van der Waals surface area contributed by atoms with Gasteiger partial charge in [0.2, 0.25) is 0 Å². The Kier molecular flexibility index (Phi) is 39.6. The number of likely N-dealkylation sites (N-methyl/N-ethyl adjacent to an activating group) is 3. The zero-order valence-electron chi connectivity index (χ0n) is 43.0. The molecular weight excluding hydrogens is 775 g/mol. The van der Waals surface area contributed by atoms with Crippen LogP contribution in [0.4, 0.5) is 0 Å². The molecule has 0 aliphatic heterocycles. The summed E-state index contributed by atoms with van der Waals surface area (Å²) in [6.45, 7) is 12.6. The van der Waals surface area contributed by atoms with Gasteiger partial charge in [-0.05, 0) is 19.3 Å². The van der Waals surface area contributed by atoms with Crippen LogP contribution in [-0.4, -0.2) is 132 Å². The van der Waals surface area contributed by atoms with Crippen molar-refractivity contribution < 1.29 is 42.0 Å². The zero-order chi connectivity index (χ0) is 46.1. The Morgan fingerprint density at radius 3 is 0.774 bits per heavy atom. The number of rotatable bonds is 47. The van der Waals surface area contributed by atoms with Crippen LogP contribution in [0, 0.1) is 0 Å². The van der Waals surface area contributed by atoms with Gasteiger partial charge in [-0.15, -0.1) is 0 Å². The molecule has 0 rings (SSSR count). The lowest BCUT2D eigenvalue weighted by Crippen LogP contribution is -2.53. The molecule has 62 heavy (non-hydrogen) atoms. The van der Waals surface area contributed by atoms with Gasteiger partial charge in [0.25, 0.3) is 0 Å². The van der Waals surface area contributed by atoms with Crippen molar-refractivity contribution in [1.29, 1.82) is 0 Å². The second kappa shape index (κ2) is 40.8. The smallest absolute Gasteiger partial charge is 0.361 e. The quantitative estimate of drug-likeness (QED) is 0.0262. The Bertz CT molecular complexity index is 992. The number of hydrogen-bond donors (Lipinski definition) is 0. The molecule has 0 aromatic heterocycles. The van der Waals surface area contributed by atoms with Gasteiger partial charge in [-0.25, -0.2) is 14.4 Å². The Hall–Kier alpha value is -1.71. The van der Waals surface area contributed by atoms with E-state index < -0.39 is 0 Å². The lowest BCUT2D eigenvalue weighted by atomic mass is 10.1. The third-order valence-corrected chi connectivity index (χ3v) is 12.8. The van der Waals surface area contributed by atoms with E-state index in [1.807, 2.05) is 0 Å². The van der Waals surface area contributed by atoms with E-state index in [1.54, 1.807) is 0 Å². The number of quaternary nitrogens is 3. The van der Waals surface area contributed by atoms with Crippen LogP contribution in [-0.2, 0) is 28.6 Å². The molecule has 9 nitrogen and oxygen atoms in total. The standard InChI is InChI=1S/C53H108N3O6/c1-9-12-15-18-21-24-27-30-33-36-45-60-51(57)48-54(4,5)41-39-43-56(8,50-53(59)62-47-38-35-32-29-26-23-20-17-14-11-3)44-40-42-55(6,7)49-52(58)61-46-37-34-31-28-25-22-19-16-13-10-2/h9-50H2,1-8H3/q+3. The molecule has 0 atom stereocenters. The molecule has 0 fully saturated rings. The number of carbonyl (C=O) groups is 3. The minimum atomic E-state index is -0.128.